The monoisotopic (exact) mass is 290 g/mol. The predicted molar refractivity (Wildman–Crippen MR) is 88.4 cm³/mol. The van der Waals surface area contributed by atoms with Crippen LogP contribution in [0.15, 0.2) is 0 Å². The molecule has 2 N–H and O–H groups in total. The molecule has 2 saturated carbocycles. The molecule has 0 bridgehead atoms. The molecule has 21 heavy (non-hydrogen) atoms. The van der Waals surface area contributed by atoms with Crippen molar-refractivity contribution in [3.8, 4) is 0 Å². The topological polar surface area (TPSA) is 24.1 Å². The first-order chi connectivity index (χ1) is 10.2. The van der Waals surface area contributed by atoms with Crippen LogP contribution < -0.4 is 10.6 Å². The summed E-state index contributed by atoms with van der Waals surface area (Å²) >= 11 is 0. The molecule has 2 heterocycles. The lowest BCUT2D eigenvalue weighted by atomic mass is 9.63. The van der Waals surface area contributed by atoms with Crippen molar-refractivity contribution in [1.82, 2.24) is 10.6 Å². The zero-order chi connectivity index (χ0) is 14.3. The Morgan fingerprint density at radius 3 is 2.14 bits per heavy atom. The van der Waals surface area contributed by atoms with Gasteiger partial charge in [0.15, 0.2) is 0 Å². The number of piperidine rings is 2. The van der Waals surface area contributed by atoms with Crippen molar-refractivity contribution in [2.75, 3.05) is 13.1 Å². The van der Waals surface area contributed by atoms with Crippen molar-refractivity contribution >= 4 is 0 Å². The standard InChI is InChI=1S/C19H34N2/c1-15-13-18(8-10-20-15)4-2-16(3-5-18)12-17-14-19(6-7-19)9-11-21-17/h15-17,20-21H,2-14H2,1H3. The second-order valence-electron chi connectivity index (χ2n) is 9.09. The fourth-order valence-electron chi connectivity index (χ4n) is 5.83. The second kappa shape index (κ2) is 5.53. The highest BCUT2D eigenvalue weighted by Crippen LogP contribution is 2.55. The van der Waals surface area contributed by atoms with Gasteiger partial charge >= 0.3 is 0 Å². The highest BCUT2D eigenvalue weighted by atomic mass is 14.9. The van der Waals surface area contributed by atoms with E-state index in [2.05, 4.69) is 17.6 Å². The van der Waals surface area contributed by atoms with Crippen molar-refractivity contribution < 1.29 is 0 Å². The minimum absolute atomic E-state index is 0.721. The molecule has 2 heteroatoms. The second-order valence-corrected chi connectivity index (χ2v) is 9.09. The average Bonchev–Trinajstić information content (AvgIpc) is 3.21. The van der Waals surface area contributed by atoms with Crippen LogP contribution in [0.5, 0.6) is 0 Å². The molecule has 0 amide bonds. The Morgan fingerprint density at radius 1 is 0.810 bits per heavy atom. The smallest absolute Gasteiger partial charge is 0.00749 e. The summed E-state index contributed by atoms with van der Waals surface area (Å²) in [5, 5.41) is 7.47. The summed E-state index contributed by atoms with van der Waals surface area (Å²) < 4.78 is 0. The van der Waals surface area contributed by atoms with Gasteiger partial charge in [0, 0.05) is 12.1 Å². The Balaban J connectivity index is 1.27. The highest BCUT2D eigenvalue weighted by molar-refractivity contribution is 5.00. The molecule has 2 unspecified atom stereocenters. The molecular weight excluding hydrogens is 256 g/mol. The SMILES string of the molecule is CC1CC2(CCN1)CCC(CC1CC3(CCN1)CC3)CC2. The van der Waals surface area contributed by atoms with E-state index in [-0.39, 0.29) is 0 Å². The minimum Gasteiger partial charge on any atom is -0.314 e. The summed E-state index contributed by atoms with van der Waals surface area (Å²) in [4.78, 5) is 0. The summed E-state index contributed by atoms with van der Waals surface area (Å²) in [7, 11) is 0. The van der Waals surface area contributed by atoms with E-state index in [0.717, 1.165) is 28.8 Å². The molecule has 2 aliphatic heterocycles. The Hall–Kier alpha value is -0.0800. The van der Waals surface area contributed by atoms with Crippen LogP contribution in [-0.2, 0) is 0 Å². The Bertz CT molecular complexity index is 366. The lowest BCUT2D eigenvalue weighted by Crippen LogP contribution is -2.45. The third kappa shape index (κ3) is 3.17. The van der Waals surface area contributed by atoms with Gasteiger partial charge in [0.1, 0.15) is 0 Å². The first-order valence-electron chi connectivity index (χ1n) is 9.64. The maximum Gasteiger partial charge on any atom is 0.00749 e. The van der Waals surface area contributed by atoms with Gasteiger partial charge in [0.05, 0.1) is 0 Å². The van der Waals surface area contributed by atoms with E-state index in [0.29, 0.717) is 0 Å². The van der Waals surface area contributed by atoms with Gasteiger partial charge in [-0.25, -0.2) is 0 Å². The van der Waals surface area contributed by atoms with Gasteiger partial charge in [0.2, 0.25) is 0 Å². The largest absolute Gasteiger partial charge is 0.314 e. The van der Waals surface area contributed by atoms with E-state index < -0.39 is 0 Å². The number of hydrogen-bond acceptors (Lipinski definition) is 2. The van der Waals surface area contributed by atoms with Crippen LogP contribution >= 0.6 is 0 Å². The van der Waals surface area contributed by atoms with Crippen LogP contribution in [0.2, 0.25) is 0 Å². The molecule has 4 fully saturated rings. The normalized spacial score (nSPS) is 45.9. The van der Waals surface area contributed by atoms with Gasteiger partial charge in [-0.1, -0.05) is 0 Å². The Kier molecular flexibility index (Phi) is 3.82. The number of rotatable bonds is 2. The zero-order valence-corrected chi connectivity index (χ0v) is 13.9. The van der Waals surface area contributed by atoms with E-state index in [4.69, 9.17) is 0 Å². The van der Waals surface area contributed by atoms with Crippen molar-refractivity contribution in [2.24, 2.45) is 16.7 Å². The Morgan fingerprint density at radius 2 is 1.48 bits per heavy atom. The van der Waals surface area contributed by atoms with Crippen LogP contribution in [-0.4, -0.2) is 25.2 Å². The first-order valence-corrected chi connectivity index (χ1v) is 9.64. The predicted octanol–water partition coefficient (Wildman–Crippen LogP) is 3.86. The van der Waals surface area contributed by atoms with Crippen LogP contribution in [0.1, 0.15) is 77.6 Å². The van der Waals surface area contributed by atoms with E-state index in [9.17, 15) is 0 Å². The summed E-state index contributed by atoms with van der Waals surface area (Å²) in [5.74, 6) is 1.02. The van der Waals surface area contributed by atoms with Crippen molar-refractivity contribution in [1.29, 1.82) is 0 Å². The molecule has 0 aromatic carbocycles. The van der Waals surface area contributed by atoms with E-state index in [1.165, 1.54) is 83.7 Å². The molecule has 2 nitrogen and oxygen atoms in total. The van der Waals surface area contributed by atoms with Crippen molar-refractivity contribution in [2.45, 2.75) is 89.6 Å². The molecule has 2 aliphatic carbocycles. The van der Waals surface area contributed by atoms with E-state index in [1.807, 2.05) is 0 Å². The molecule has 2 atom stereocenters. The van der Waals surface area contributed by atoms with Crippen LogP contribution in [0, 0.1) is 16.7 Å². The molecule has 2 spiro atoms. The van der Waals surface area contributed by atoms with E-state index >= 15 is 0 Å². The van der Waals surface area contributed by atoms with Gasteiger partial charge < -0.3 is 10.6 Å². The molecular formula is C19H34N2. The van der Waals surface area contributed by atoms with Crippen LogP contribution in [0.3, 0.4) is 0 Å². The first kappa shape index (κ1) is 14.5. The molecule has 0 aromatic rings. The van der Waals surface area contributed by atoms with Gasteiger partial charge in [0.25, 0.3) is 0 Å². The molecule has 120 valence electrons. The quantitative estimate of drug-likeness (QED) is 0.807. The molecule has 4 aliphatic rings. The fourth-order valence-corrected chi connectivity index (χ4v) is 5.83. The lowest BCUT2D eigenvalue weighted by molar-refractivity contribution is 0.0787. The molecule has 0 radical (unpaired) electrons. The van der Waals surface area contributed by atoms with Gasteiger partial charge in [-0.05, 0) is 107 Å². The highest BCUT2D eigenvalue weighted by Gasteiger charge is 2.46. The van der Waals surface area contributed by atoms with Gasteiger partial charge in [-0.2, -0.15) is 0 Å². The fraction of sp³-hybridized carbons (Fsp3) is 1.00. The maximum atomic E-state index is 3.83. The lowest BCUT2D eigenvalue weighted by Gasteiger charge is -2.46. The maximum absolute atomic E-state index is 3.83. The zero-order valence-electron chi connectivity index (χ0n) is 13.9. The third-order valence-corrected chi connectivity index (χ3v) is 7.40. The summed E-state index contributed by atoms with van der Waals surface area (Å²) in [6, 6.07) is 1.61. The van der Waals surface area contributed by atoms with Gasteiger partial charge in [-0.15, -0.1) is 0 Å². The number of nitrogens with one attached hydrogen (secondary N) is 2. The summed E-state index contributed by atoms with van der Waals surface area (Å²) in [6.45, 7) is 4.94. The third-order valence-electron chi connectivity index (χ3n) is 7.40. The minimum atomic E-state index is 0.721. The van der Waals surface area contributed by atoms with Crippen molar-refractivity contribution in [3.05, 3.63) is 0 Å². The summed E-state index contributed by atoms with van der Waals surface area (Å²) in [6.07, 6.45) is 16.4. The molecule has 4 rings (SSSR count). The average molecular weight is 290 g/mol. The molecule has 2 saturated heterocycles. The molecule has 0 aromatic heterocycles. The van der Waals surface area contributed by atoms with Crippen LogP contribution in [0.4, 0.5) is 0 Å². The van der Waals surface area contributed by atoms with Gasteiger partial charge in [-0.3, -0.25) is 0 Å². The number of hydrogen-bond donors (Lipinski definition) is 2. The van der Waals surface area contributed by atoms with E-state index in [1.54, 1.807) is 0 Å². The van der Waals surface area contributed by atoms with Crippen molar-refractivity contribution in [3.63, 3.8) is 0 Å². The Labute approximate surface area is 130 Å². The summed E-state index contributed by atoms with van der Waals surface area (Å²) in [5.41, 5.74) is 1.54. The van der Waals surface area contributed by atoms with Crippen LogP contribution in [0.25, 0.3) is 0 Å².